The molecule has 1 aromatic carbocycles. The number of fused-ring (bicyclic) bond motifs is 1. The number of nitrogens with zero attached hydrogens (tertiary/aromatic N) is 3. The van der Waals surface area contributed by atoms with Gasteiger partial charge in [-0.05, 0) is 49.4 Å². The van der Waals surface area contributed by atoms with E-state index in [1.54, 1.807) is 0 Å². The standard InChI is InChI=1S/C19H21N3O/c23-13-14-3-1-5-17(11-14)22-10-9-21-19(22)16-6-7-18-15(12-16)4-2-8-20-18/h2,4,6-10,12,14,17,23H,1,3,5,11,13H2/t14-,17+/m0/s1. The van der Waals surface area contributed by atoms with Crippen molar-refractivity contribution in [3.63, 3.8) is 0 Å². The van der Waals surface area contributed by atoms with E-state index in [4.69, 9.17) is 0 Å². The van der Waals surface area contributed by atoms with Crippen LogP contribution < -0.4 is 0 Å². The second-order valence-electron chi connectivity index (χ2n) is 6.44. The maximum absolute atomic E-state index is 9.48. The second-order valence-corrected chi connectivity index (χ2v) is 6.44. The van der Waals surface area contributed by atoms with E-state index in [9.17, 15) is 5.11 Å². The molecule has 1 aliphatic carbocycles. The van der Waals surface area contributed by atoms with Crippen LogP contribution in [0.5, 0.6) is 0 Å². The molecule has 1 fully saturated rings. The monoisotopic (exact) mass is 307 g/mol. The van der Waals surface area contributed by atoms with Crippen LogP contribution in [0, 0.1) is 5.92 Å². The molecule has 0 amide bonds. The number of rotatable bonds is 3. The lowest BCUT2D eigenvalue weighted by Crippen LogP contribution is -2.21. The zero-order valence-electron chi connectivity index (χ0n) is 13.1. The molecule has 23 heavy (non-hydrogen) atoms. The van der Waals surface area contributed by atoms with Crippen LogP contribution >= 0.6 is 0 Å². The summed E-state index contributed by atoms with van der Waals surface area (Å²) in [6, 6.07) is 10.8. The van der Waals surface area contributed by atoms with Crippen molar-refractivity contribution in [3.8, 4) is 11.4 Å². The summed E-state index contributed by atoms with van der Waals surface area (Å²) in [6.07, 6.45) is 10.3. The van der Waals surface area contributed by atoms with Gasteiger partial charge in [-0.25, -0.2) is 4.98 Å². The van der Waals surface area contributed by atoms with Crippen LogP contribution in [0.25, 0.3) is 22.3 Å². The lowest BCUT2D eigenvalue weighted by Gasteiger charge is -2.30. The van der Waals surface area contributed by atoms with Crippen molar-refractivity contribution in [2.75, 3.05) is 6.61 Å². The third-order valence-corrected chi connectivity index (χ3v) is 4.94. The molecule has 0 saturated heterocycles. The molecule has 3 aromatic rings. The molecular formula is C19H21N3O. The highest BCUT2D eigenvalue weighted by molar-refractivity contribution is 5.83. The van der Waals surface area contributed by atoms with Crippen LogP contribution in [0.4, 0.5) is 0 Å². The third-order valence-electron chi connectivity index (χ3n) is 4.94. The van der Waals surface area contributed by atoms with Crippen LogP contribution in [0.1, 0.15) is 31.7 Å². The number of benzene rings is 1. The molecule has 2 aromatic heterocycles. The zero-order chi connectivity index (χ0) is 15.6. The van der Waals surface area contributed by atoms with Crippen LogP contribution in [0.15, 0.2) is 48.9 Å². The van der Waals surface area contributed by atoms with Crippen molar-refractivity contribution in [1.29, 1.82) is 0 Å². The number of pyridine rings is 1. The minimum atomic E-state index is 0.294. The smallest absolute Gasteiger partial charge is 0.140 e. The Morgan fingerprint density at radius 1 is 1.13 bits per heavy atom. The predicted octanol–water partition coefficient (Wildman–Crippen LogP) is 3.82. The van der Waals surface area contributed by atoms with E-state index in [0.29, 0.717) is 18.6 Å². The Morgan fingerprint density at radius 3 is 3.00 bits per heavy atom. The maximum atomic E-state index is 9.48. The molecule has 1 N–H and O–H groups in total. The largest absolute Gasteiger partial charge is 0.396 e. The molecule has 4 heteroatoms. The van der Waals surface area contributed by atoms with Gasteiger partial charge in [0, 0.05) is 42.2 Å². The van der Waals surface area contributed by atoms with Gasteiger partial charge in [0.15, 0.2) is 0 Å². The Kier molecular flexibility index (Phi) is 3.83. The topological polar surface area (TPSA) is 50.9 Å². The van der Waals surface area contributed by atoms with Crippen LogP contribution in [0.3, 0.4) is 0 Å². The fraction of sp³-hybridized carbons (Fsp3) is 0.368. The van der Waals surface area contributed by atoms with Crippen LogP contribution in [0.2, 0.25) is 0 Å². The van der Waals surface area contributed by atoms with Crippen molar-refractivity contribution in [2.45, 2.75) is 31.7 Å². The average molecular weight is 307 g/mol. The average Bonchev–Trinajstić information content (AvgIpc) is 3.11. The fourth-order valence-corrected chi connectivity index (χ4v) is 3.73. The predicted molar refractivity (Wildman–Crippen MR) is 91.0 cm³/mol. The number of aliphatic hydroxyl groups is 1. The van der Waals surface area contributed by atoms with Gasteiger partial charge in [-0.15, -0.1) is 0 Å². The molecule has 2 atom stereocenters. The summed E-state index contributed by atoms with van der Waals surface area (Å²) in [7, 11) is 0. The molecule has 0 unspecified atom stereocenters. The van der Waals surface area contributed by atoms with E-state index < -0.39 is 0 Å². The highest BCUT2D eigenvalue weighted by Crippen LogP contribution is 2.35. The molecule has 1 saturated carbocycles. The van der Waals surface area contributed by atoms with Gasteiger partial charge < -0.3 is 9.67 Å². The Hall–Kier alpha value is -2.20. The molecule has 0 aliphatic heterocycles. The first-order valence-electron chi connectivity index (χ1n) is 8.34. The molecule has 0 radical (unpaired) electrons. The lowest BCUT2D eigenvalue weighted by molar-refractivity contribution is 0.163. The van der Waals surface area contributed by atoms with E-state index in [-0.39, 0.29) is 0 Å². The Balaban J connectivity index is 1.70. The summed E-state index contributed by atoms with van der Waals surface area (Å²) in [5.74, 6) is 1.43. The highest BCUT2D eigenvalue weighted by Gasteiger charge is 2.24. The Labute approximate surface area is 135 Å². The zero-order valence-corrected chi connectivity index (χ0v) is 13.1. The lowest BCUT2D eigenvalue weighted by atomic mass is 9.86. The summed E-state index contributed by atoms with van der Waals surface area (Å²) in [6.45, 7) is 0.294. The molecule has 1 aliphatic rings. The summed E-state index contributed by atoms with van der Waals surface area (Å²) < 4.78 is 2.29. The SMILES string of the molecule is OC[C@H]1CCC[C@@H](n2ccnc2-c2ccc3ncccc3c2)C1. The van der Waals surface area contributed by atoms with Gasteiger partial charge in [-0.3, -0.25) is 4.98 Å². The minimum Gasteiger partial charge on any atom is -0.396 e. The second kappa shape index (κ2) is 6.13. The van der Waals surface area contributed by atoms with Gasteiger partial charge in [-0.1, -0.05) is 12.5 Å². The summed E-state index contributed by atoms with van der Waals surface area (Å²) in [5, 5.41) is 10.6. The molecule has 4 rings (SSSR count). The molecule has 0 bridgehead atoms. The normalized spacial score (nSPS) is 21.6. The molecule has 118 valence electrons. The summed E-state index contributed by atoms with van der Waals surface area (Å²) in [4.78, 5) is 8.98. The van der Waals surface area contributed by atoms with Crippen LogP contribution in [-0.2, 0) is 0 Å². The first-order chi connectivity index (χ1) is 11.3. The number of aliphatic hydroxyl groups excluding tert-OH is 1. The number of hydrogen-bond acceptors (Lipinski definition) is 3. The van der Waals surface area contributed by atoms with E-state index >= 15 is 0 Å². The van der Waals surface area contributed by atoms with Crippen LogP contribution in [-0.4, -0.2) is 26.2 Å². The van der Waals surface area contributed by atoms with Crippen molar-refractivity contribution in [2.24, 2.45) is 5.92 Å². The van der Waals surface area contributed by atoms with E-state index in [1.807, 2.05) is 18.5 Å². The number of hydrogen-bond donors (Lipinski definition) is 1. The molecular weight excluding hydrogens is 286 g/mol. The Morgan fingerprint density at radius 2 is 2.09 bits per heavy atom. The number of imidazole rings is 1. The van der Waals surface area contributed by atoms with E-state index in [2.05, 4.69) is 45.0 Å². The van der Waals surface area contributed by atoms with Gasteiger partial charge in [0.2, 0.25) is 0 Å². The maximum Gasteiger partial charge on any atom is 0.140 e. The molecule has 2 heterocycles. The number of aromatic nitrogens is 3. The van der Waals surface area contributed by atoms with Gasteiger partial charge in [0.1, 0.15) is 5.82 Å². The minimum absolute atomic E-state index is 0.294. The van der Waals surface area contributed by atoms with Crippen molar-refractivity contribution in [1.82, 2.24) is 14.5 Å². The fourth-order valence-electron chi connectivity index (χ4n) is 3.73. The third kappa shape index (κ3) is 2.75. The van der Waals surface area contributed by atoms with Gasteiger partial charge in [0.25, 0.3) is 0 Å². The first kappa shape index (κ1) is 14.4. The van der Waals surface area contributed by atoms with E-state index in [1.165, 1.54) is 6.42 Å². The highest BCUT2D eigenvalue weighted by atomic mass is 16.3. The first-order valence-corrected chi connectivity index (χ1v) is 8.34. The van der Waals surface area contributed by atoms with Gasteiger partial charge in [0.05, 0.1) is 5.52 Å². The van der Waals surface area contributed by atoms with Crippen molar-refractivity contribution >= 4 is 10.9 Å². The summed E-state index contributed by atoms with van der Waals surface area (Å²) >= 11 is 0. The van der Waals surface area contributed by atoms with E-state index in [0.717, 1.165) is 41.6 Å². The van der Waals surface area contributed by atoms with Gasteiger partial charge >= 0.3 is 0 Å². The Bertz CT molecular complexity index is 811. The van der Waals surface area contributed by atoms with Crippen molar-refractivity contribution in [3.05, 3.63) is 48.9 Å². The summed E-state index contributed by atoms with van der Waals surface area (Å²) in [5.41, 5.74) is 2.13. The van der Waals surface area contributed by atoms with Gasteiger partial charge in [-0.2, -0.15) is 0 Å². The molecule has 0 spiro atoms. The van der Waals surface area contributed by atoms with Crippen molar-refractivity contribution < 1.29 is 5.11 Å². The quantitative estimate of drug-likeness (QED) is 0.800. The molecule has 4 nitrogen and oxygen atoms in total.